The molecule has 144 valence electrons. The Hall–Kier alpha value is -3.48. The predicted molar refractivity (Wildman–Crippen MR) is 103 cm³/mol. The first kappa shape index (κ1) is 19.3. The number of rotatable bonds is 7. The predicted octanol–water partition coefficient (Wildman–Crippen LogP) is 3.65. The largest absolute Gasteiger partial charge is 0.358 e. The van der Waals surface area contributed by atoms with Gasteiger partial charge in [0.1, 0.15) is 0 Å². The smallest absolute Gasteiger partial charge is 0.243 e. The number of H-pyrrole nitrogens is 1. The maximum atomic E-state index is 13.1. The lowest BCUT2D eigenvalue weighted by molar-refractivity contribution is -0.124. The van der Waals surface area contributed by atoms with Crippen LogP contribution in [0.2, 0.25) is 0 Å². The minimum absolute atomic E-state index is 0.123. The van der Waals surface area contributed by atoms with E-state index in [4.69, 9.17) is 0 Å². The Morgan fingerprint density at radius 2 is 1.68 bits per heavy atom. The zero-order valence-electron chi connectivity index (χ0n) is 15.0. The molecule has 0 aliphatic carbocycles. The van der Waals surface area contributed by atoms with E-state index in [-0.39, 0.29) is 24.6 Å². The zero-order valence-corrected chi connectivity index (χ0v) is 15.0. The van der Waals surface area contributed by atoms with Gasteiger partial charge in [-0.25, -0.2) is 8.78 Å². The van der Waals surface area contributed by atoms with Crippen molar-refractivity contribution in [2.24, 2.45) is 0 Å². The molecule has 3 N–H and O–H groups in total. The maximum Gasteiger partial charge on any atom is 0.243 e. The van der Waals surface area contributed by atoms with Gasteiger partial charge in [0, 0.05) is 29.6 Å². The number of hydrogen-bond donors (Lipinski definition) is 3. The molecule has 0 aliphatic rings. The van der Waals surface area contributed by atoms with Gasteiger partial charge in [-0.2, -0.15) is 0 Å². The Morgan fingerprint density at radius 1 is 0.893 bits per heavy atom. The van der Waals surface area contributed by atoms with Crippen LogP contribution in [0.3, 0.4) is 0 Å². The second-order valence-electron chi connectivity index (χ2n) is 6.22. The van der Waals surface area contributed by atoms with Gasteiger partial charge in [-0.1, -0.05) is 30.3 Å². The van der Waals surface area contributed by atoms with Crippen molar-refractivity contribution in [3.8, 4) is 11.3 Å². The molecule has 0 fully saturated rings. The molecule has 0 saturated heterocycles. The first-order chi connectivity index (χ1) is 13.5. The number of nitrogens with one attached hydrogen (secondary N) is 3. The molecule has 28 heavy (non-hydrogen) atoms. The van der Waals surface area contributed by atoms with Gasteiger partial charge in [0.2, 0.25) is 11.8 Å². The highest BCUT2D eigenvalue weighted by Gasteiger charge is 2.09. The van der Waals surface area contributed by atoms with Crippen molar-refractivity contribution in [3.63, 3.8) is 0 Å². The van der Waals surface area contributed by atoms with E-state index >= 15 is 0 Å². The second kappa shape index (κ2) is 8.94. The fraction of sp³-hybridized carbons (Fsp3) is 0.143. The Kier molecular flexibility index (Phi) is 6.16. The van der Waals surface area contributed by atoms with Crippen LogP contribution in [0, 0.1) is 11.6 Å². The number of aryl methyl sites for hydroxylation is 1. The average Bonchev–Trinajstić information content (AvgIpc) is 3.17. The summed E-state index contributed by atoms with van der Waals surface area (Å²) in [7, 11) is 0. The van der Waals surface area contributed by atoms with Crippen molar-refractivity contribution in [2.45, 2.75) is 12.8 Å². The standard InChI is InChI=1S/C21H19F2N3O2/c22-17-9-6-16(12-18(17)23)26-21(28)13-24-20(27)11-8-15-7-10-19(25-15)14-4-2-1-3-5-14/h1-7,9-10,12,25H,8,11,13H2,(H,24,27)(H,26,28). The number of amides is 2. The number of hydrogen-bond acceptors (Lipinski definition) is 2. The highest BCUT2D eigenvalue weighted by atomic mass is 19.2. The van der Waals surface area contributed by atoms with Crippen LogP contribution >= 0.6 is 0 Å². The summed E-state index contributed by atoms with van der Waals surface area (Å²) in [5.41, 5.74) is 3.08. The van der Waals surface area contributed by atoms with Crippen LogP contribution in [0.1, 0.15) is 12.1 Å². The van der Waals surface area contributed by atoms with Crippen LogP contribution in [0.25, 0.3) is 11.3 Å². The maximum absolute atomic E-state index is 13.1. The van der Waals surface area contributed by atoms with Gasteiger partial charge < -0.3 is 15.6 Å². The van der Waals surface area contributed by atoms with E-state index < -0.39 is 17.5 Å². The molecule has 7 heteroatoms. The molecular formula is C21H19F2N3O2. The minimum Gasteiger partial charge on any atom is -0.358 e. The van der Waals surface area contributed by atoms with Crippen molar-refractivity contribution >= 4 is 17.5 Å². The molecule has 2 amide bonds. The molecular weight excluding hydrogens is 364 g/mol. The van der Waals surface area contributed by atoms with E-state index in [1.807, 2.05) is 42.5 Å². The molecule has 0 bridgehead atoms. The van der Waals surface area contributed by atoms with E-state index in [9.17, 15) is 18.4 Å². The number of aromatic nitrogens is 1. The number of carbonyl (C=O) groups excluding carboxylic acids is 2. The molecule has 0 unspecified atom stereocenters. The Labute approximate surface area is 160 Å². The summed E-state index contributed by atoms with van der Waals surface area (Å²) < 4.78 is 26.0. The fourth-order valence-corrected chi connectivity index (χ4v) is 2.67. The fourth-order valence-electron chi connectivity index (χ4n) is 2.67. The molecule has 3 rings (SSSR count). The SMILES string of the molecule is O=C(CCc1ccc(-c2ccccc2)[nH]1)NCC(=O)Nc1ccc(F)c(F)c1. The molecule has 3 aromatic rings. The first-order valence-corrected chi connectivity index (χ1v) is 8.76. The lowest BCUT2D eigenvalue weighted by Gasteiger charge is -2.07. The molecule has 0 saturated carbocycles. The summed E-state index contributed by atoms with van der Waals surface area (Å²) in [6.45, 7) is -0.252. The van der Waals surface area contributed by atoms with Gasteiger partial charge in [-0.15, -0.1) is 0 Å². The molecule has 2 aromatic carbocycles. The lowest BCUT2D eigenvalue weighted by atomic mass is 10.2. The van der Waals surface area contributed by atoms with E-state index in [2.05, 4.69) is 15.6 Å². The Balaban J connectivity index is 1.42. The van der Waals surface area contributed by atoms with Crippen LogP contribution in [-0.2, 0) is 16.0 Å². The number of anilines is 1. The normalized spacial score (nSPS) is 10.5. The lowest BCUT2D eigenvalue weighted by Crippen LogP contribution is -2.33. The monoisotopic (exact) mass is 383 g/mol. The molecule has 0 spiro atoms. The summed E-state index contributed by atoms with van der Waals surface area (Å²) in [6, 6.07) is 16.8. The topological polar surface area (TPSA) is 74.0 Å². The van der Waals surface area contributed by atoms with Crippen LogP contribution in [-0.4, -0.2) is 23.3 Å². The summed E-state index contributed by atoms with van der Waals surface area (Å²) in [6.07, 6.45) is 0.719. The van der Waals surface area contributed by atoms with Crippen LogP contribution in [0.5, 0.6) is 0 Å². The zero-order chi connectivity index (χ0) is 19.9. The third-order valence-corrected chi connectivity index (χ3v) is 4.10. The Bertz CT molecular complexity index is 971. The van der Waals surface area contributed by atoms with Crippen LogP contribution in [0.4, 0.5) is 14.5 Å². The summed E-state index contributed by atoms with van der Waals surface area (Å²) >= 11 is 0. The molecule has 0 atom stereocenters. The van der Waals surface area contributed by atoms with Gasteiger partial charge in [0.05, 0.1) is 6.54 Å². The number of aromatic amines is 1. The number of benzene rings is 2. The minimum atomic E-state index is -1.05. The number of carbonyl (C=O) groups is 2. The summed E-state index contributed by atoms with van der Waals surface area (Å²) in [5.74, 6) is -2.85. The molecule has 0 radical (unpaired) electrons. The van der Waals surface area contributed by atoms with Crippen molar-refractivity contribution in [1.82, 2.24) is 10.3 Å². The van der Waals surface area contributed by atoms with Crippen LogP contribution < -0.4 is 10.6 Å². The Morgan fingerprint density at radius 3 is 2.43 bits per heavy atom. The van der Waals surface area contributed by atoms with Crippen molar-refractivity contribution in [3.05, 3.63) is 78.0 Å². The number of halogens is 2. The third-order valence-electron chi connectivity index (χ3n) is 4.10. The van der Waals surface area contributed by atoms with Gasteiger partial charge in [0.15, 0.2) is 11.6 Å². The van der Waals surface area contributed by atoms with Crippen molar-refractivity contribution < 1.29 is 18.4 Å². The highest BCUT2D eigenvalue weighted by Crippen LogP contribution is 2.18. The van der Waals surface area contributed by atoms with E-state index in [1.165, 1.54) is 6.07 Å². The molecule has 1 aromatic heterocycles. The highest BCUT2D eigenvalue weighted by molar-refractivity contribution is 5.94. The second-order valence-corrected chi connectivity index (χ2v) is 6.22. The molecule has 5 nitrogen and oxygen atoms in total. The molecule has 0 aliphatic heterocycles. The van der Waals surface area contributed by atoms with Crippen molar-refractivity contribution in [2.75, 3.05) is 11.9 Å². The molecule has 1 heterocycles. The van der Waals surface area contributed by atoms with Gasteiger partial charge in [-0.05, 0) is 36.2 Å². The quantitative estimate of drug-likeness (QED) is 0.583. The first-order valence-electron chi connectivity index (χ1n) is 8.76. The van der Waals surface area contributed by atoms with Gasteiger partial charge >= 0.3 is 0 Å². The van der Waals surface area contributed by atoms with Crippen molar-refractivity contribution in [1.29, 1.82) is 0 Å². The average molecular weight is 383 g/mol. The van der Waals surface area contributed by atoms with Crippen LogP contribution in [0.15, 0.2) is 60.7 Å². The van der Waals surface area contributed by atoms with E-state index in [1.54, 1.807) is 0 Å². The third kappa shape index (κ3) is 5.26. The van der Waals surface area contributed by atoms with Gasteiger partial charge in [-0.3, -0.25) is 9.59 Å². The van der Waals surface area contributed by atoms with E-state index in [0.29, 0.717) is 6.42 Å². The summed E-state index contributed by atoms with van der Waals surface area (Å²) in [4.78, 5) is 27.0. The van der Waals surface area contributed by atoms with Gasteiger partial charge in [0.25, 0.3) is 0 Å². The van der Waals surface area contributed by atoms with E-state index in [0.717, 1.165) is 29.1 Å². The summed E-state index contributed by atoms with van der Waals surface area (Å²) in [5, 5.41) is 4.90.